The summed E-state index contributed by atoms with van der Waals surface area (Å²) in [6, 6.07) is 5.80. The van der Waals surface area contributed by atoms with Crippen molar-refractivity contribution in [3.8, 4) is 0 Å². The third-order valence-electron chi connectivity index (χ3n) is 2.92. The van der Waals surface area contributed by atoms with Gasteiger partial charge in [-0.2, -0.15) is 0 Å². The Morgan fingerprint density at radius 1 is 1.50 bits per heavy atom. The zero-order valence-electron chi connectivity index (χ0n) is 11.5. The maximum Gasteiger partial charge on any atom is 0.240 e. The summed E-state index contributed by atoms with van der Waals surface area (Å²) in [5.41, 5.74) is 1.76. The van der Waals surface area contributed by atoms with Gasteiger partial charge in [0.25, 0.3) is 0 Å². The molecule has 2 rings (SSSR count). The number of fused-ring (bicyclic) bond motifs is 1. The molecule has 1 N–H and O–H groups in total. The number of imidazole rings is 1. The Bertz CT molecular complexity index is 624. The first-order chi connectivity index (χ1) is 9.51. The van der Waals surface area contributed by atoms with Crippen molar-refractivity contribution < 1.29 is 4.79 Å². The van der Waals surface area contributed by atoms with Crippen molar-refractivity contribution in [3.63, 3.8) is 0 Å². The first-order valence-corrected chi connectivity index (χ1v) is 7.81. The number of aromatic nitrogens is 2. The number of nitrogens with one attached hydrogen (secondary N) is 1. The smallest absolute Gasteiger partial charge is 0.240 e. The molecular formula is C14H17BrClN3O. The van der Waals surface area contributed by atoms with E-state index in [2.05, 4.69) is 40.1 Å². The summed E-state index contributed by atoms with van der Waals surface area (Å²) in [6.07, 6.45) is 0. The lowest BCUT2D eigenvalue weighted by atomic mass is 10.2. The van der Waals surface area contributed by atoms with Crippen LogP contribution in [0, 0.1) is 5.92 Å². The Balaban J connectivity index is 2.26. The SMILES string of the molecule is CC(C)CNC(=O)Cn1c(CCl)nc2cc(Br)ccc21. The lowest BCUT2D eigenvalue weighted by Crippen LogP contribution is -2.31. The fraction of sp³-hybridized carbons (Fsp3) is 0.429. The number of rotatable bonds is 5. The van der Waals surface area contributed by atoms with Gasteiger partial charge in [0.05, 0.1) is 16.9 Å². The number of halogens is 2. The molecule has 1 aromatic heterocycles. The monoisotopic (exact) mass is 357 g/mol. The third-order valence-corrected chi connectivity index (χ3v) is 3.65. The zero-order chi connectivity index (χ0) is 14.7. The van der Waals surface area contributed by atoms with Gasteiger partial charge in [-0.1, -0.05) is 29.8 Å². The standard InChI is InChI=1S/C14H17BrClN3O/c1-9(2)7-17-14(20)8-19-12-4-3-10(15)5-11(12)18-13(19)6-16/h3-5,9H,6-8H2,1-2H3,(H,17,20). The Morgan fingerprint density at radius 3 is 2.90 bits per heavy atom. The van der Waals surface area contributed by atoms with Gasteiger partial charge in [-0.15, -0.1) is 11.6 Å². The summed E-state index contributed by atoms with van der Waals surface area (Å²) in [7, 11) is 0. The van der Waals surface area contributed by atoms with Crippen LogP contribution in [0.4, 0.5) is 0 Å². The Labute approximate surface area is 131 Å². The molecule has 1 heterocycles. The summed E-state index contributed by atoms with van der Waals surface area (Å²) < 4.78 is 2.82. The molecule has 0 aliphatic heterocycles. The molecule has 0 bridgehead atoms. The molecule has 0 aliphatic carbocycles. The normalized spacial score (nSPS) is 11.2. The topological polar surface area (TPSA) is 46.9 Å². The summed E-state index contributed by atoms with van der Waals surface area (Å²) in [4.78, 5) is 16.4. The van der Waals surface area contributed by atoms with Crippen LogP contribution < -0.4 is 5.32 Å². The van der Waals surface area contributed by atoms with Crippen LogP contribution in [0.1, 0.15) is 19.7 Å². The van der Waals surface area contributed by atoms with Crippen molar-refractivity contribution in [2.45, 2.75) is 26.3 Å². The van der Waals surface area contributed by atoms with Gasteiger partial charge in [-0.25, -0.2) is 4.98 Å². The highest BCUT2D eigenvalue weighted by molar-refractivity contribution is 9.10. The molecule has 0 aliphatic rings. The highest BCUT2D eigenvalue weighted by Gasteiger charge is 2.13. The number of amides is 1. The summed E-state index contributed by atoms with van der Waals surface area (Å²) in [5.74, 6) is 1.40. The Kier molecular flexibility index (Phi) is 5.05. The molecule has 6 heteroatoms. The number of carbonyl (C=O) groups excluding carboxylic acids is 1. The van der Waals surface area contributed by atoms with Gasteiger partial charge in [0.1, 0.15) is 12.4 Å². The van der Waals surface area contributed by atoms with Crippen LogP contribution in [0.25, 0.3) is 11.0 Å². The molecule has 0 spiro atoms. The second kappa shape index (κ2) is 6.59. The predicted octanol–water partition coefficient (Wildman–Crippen LogP) is 3.31. The minimum absolute atomic E-state index is 0.0210. The van der Waals surface area contributed by atoms with Crippen molar-refractivity contribution >= 4 is 44.5 Å². The maximum absolute atomic E-state index is 12.0. The van der Waals surface area contributed by atoms with Crippen LogP contribution in [-0.2, 0) is 17.2 Å². The average Bonchev–Trinajstić information content (AvgIpc) is 2.73. The second-order valence-electron chi connectivity index (χ2n) is 5.08. The zero-order valence-corrected chi connectivity index (χ0v) is 13.8. The first-order valence-electron chi connectivity index (χ1n) is 6.48. The van der Waals surface area contributed by atoms with E-state index in [9.17, 15) is 4.79 Å². The lowest BCUT2D eigenvalue weighted by Gasteiger charge is -2.10. The van der Waals surface area contributed by atoms with Crippen LogP contribution >= 0.6 is 27.5 Å². The maximum atomic E-state index is 12.0. The van der Waals surface area contributed by atoms with E-state index in [0.717, 1.165) is 15.5 Å². The van der Waals surface area contributed by atoms with Gasteiger partial charge >= 0.3 is 0 Å². The largest absolute Gasteiger partial charge is 0.354 e. The van der Waals surface area contributed by atoms with Gasteiger partial charge in [0, 0.05) is 11.0 Å². The van der Waals surface area contributed by atoms with E-state index < -0.39 is 0 Å². The first kappa shape index (κ1) is 15.3. The Morgan fingerprint density at radius 2 is 2.25 bits per heavy atom. The molecule has 0 saturated carbocycles. The molecule has 0 unspecified atom stereocenters. The number of nitrogens with zero attached hydrogens (tertiary/aromatic N) is 2. The molecule has 1 amide bonds. The second-order valence-corrected chi connectivity index (χ2v) is 6.26. The molecule has 20 heavy (non-hydrogen) atoms. The van der Waals surface area contributed by atoms with E-state index in [0.29, 0.717) is 18.3 Å². The fourth-order valence-electron chi connectivity index (χ4n) is 1.95. The molecule has 0 saturated heterocycles. The number of hydrogen-bond donors (Lipinski definition) is 1. The van der Waals surface area contributed by atoms with Gasteiger partial charge in [0.2, 0.25) is 5.91 Å². The summed E-state index contributed by atoms with van der Waals surface area (Å²) in [6.45, 7) is 5.04. The highest BCUT2D eigenvalue weighted by Crippen LogP contribution is 2.21. The van der Waals surface area contributed by atoms with Crippen molar-refractivity contribution in [3.05, 3.63) is 28.5 Å². The molecule has 0 radical (unpaired) electrons. The van der Waals surface area contributed by atoms with Crippen molar-refractivity contribution in [2.24, 2.45) is 5.92 Å². The predicted molar refractivity (Wildman–Crippen MR) is 84.8 cm³/mol. The van der Waals surface area contributed by atoms with Gasteiger partial charge < -0.3 is 9.88 Å². The quantitative estimate of drug-likeness (QED) is 0.834. The van der Waals surface area contributed by atoms with Crippen molar-refractivity contribution in [1.29, 1.82) is 0 Å². The van der Waals surface area contributed by atoms with Crippen LogP contribution in [0.2, 0.25) is 0 Å². The number of alkyl halides is 1. The third kappa shape index (κ3) is 3.52. The lowest BCUT2D eigenvalue weighted by molar-refractivity contribution is -0.121. The number of benzene rings is 1. The van der Waals surface area contributed by atoms with E-state index >= 15 is 0 Å². The van der Waals surface area contributed by atoms with Crippen LogP contribution in [0.5, 0.6) is 0 Å². The van der Waals surface area contributed by atoms with Gasteiger partial charge in [0.15, 0.2) is 0 Å². The number of carbonyl (C=O) groups is 1. The van der Waals surface area contributed by atoms with E-state index in [1.54, 1.807) is 0 Å². The summed E-state index contributed by atoms with van der Waals surface area (Å²) in [5, 5.41) is 2.91. The van der Waals surface area contributed by atoms with Gasteiger partial charge in [-0.3, -0.25) is 4.79 Å². The van der Waals surface area contributed by atoms with Crippen LogP contribution in [-0.4, -0.2) is 22.0 Å². The van der Waals surface area contributed by atoms with E-state index in [4.69, 9.17) is 11.6 Å². The van der Waals surface area contributed by atoms with E-state index in [1.165, 1.54) is 0 Å². The number of hydrogen-bond acceptors (Lipinski definition) is 2. The van der Waals surface area contributed by atoms with Crippen molar-refractivity contribution in [1.82, 2.24) is 14.9 Å². The van der Waals surface area contributed by atoms with E-state index in [-0.39, 0.29) is 18.3 Å². The molecule has 0 atom stereocenters. The molecule has 0 fully saturated rings. The molecular weight excluding hydrogens is 342 g/mol. The minimum atomic E-state index is -0.0210. The highest BCUT2D eigenvalue weighted by atomic mass is 79.9. The summed E-state index contributed by atoms with van der Waals surface area (Å²) >= 11 is 9.35. The molecule has 108 valence electrons. The van der Waals surface area contributed by atoms with Gasteiger partial charge in [-0.05, 0) is 24.1 Å². The molecule has 4 nitrogen and oxygen atoms in total. The average molecular weight is 359 g/mol. The van der Waals surface area contributed by atoms with Crippen LogP contribution in [0.3, 0.4) is 0 Å². The fourth-order valence-corrected chi connectivity index (χ4v) is 2.50. The van der Waals surface area contributed by atoms with Crippen molar-refractivity contribution in [2.75, 3.05) is 6.54 Å². The molecule has 2 aromatic rings. The van der Waals surface area contributed by atoms with E-state index in [1.807, 2.05) is 22.8 Å². The van der Waals surface area contributed by atoms with Crippen LogP contribution in [0.15, 0.2) is 22.7 Å². The minimum Gasteiger partial charge on any atom is -0.354 e. The molecule has 1 aromatic carbocycles. The Hall–Kier alpha value is -1.07.